The van der Waals surface area contributed by atoms with Gasteiger partial charge in [-0.2, -0.15) is 0 Å². The van der Waals surface area contributed by atoms with Crippen molar-refractivity contribution in [1.82, 2.24) is 0 Å². The highest BCUT2D eigenvalue weighted by atomic mass is 35.5. The summed E-state index contributed by atoms with van der Waals surface area (Å²) < 4.78 is 5.89. The minimum atomic E-state index is 0.748. The number of likely N-dealkylation sites (N-methyl/N-ethyl adjacent to an activating group) is 1. The van der Waals surface area contributed by atoms with Crippen molar-refractivity contribution in [3.8, 4) is 11.3 Å². The first-order valence-electron chi connectivity index (χ1n) is 7.72. The van der Waals surface area contributed by atoms with Crippen LogP contribution in [0.2, 0.25) is 5.02 Å². The van der Waals surface area contributed by atoms with Gasteiger partial charge in [0.1, 0.15) is 25.4 Å². The second-order valence-corrected chi connectivity index (χ2v) is 5.70. The van der Waals surface area contributed by atoms with Gasteiger partial charge < -0.3 is 14.6 Å². The fourth-order valence-electron chi connectivity index (χ4n) is 2.41. The van der Waals surface area contributed by atoms with Gasteiger partial charge >= 0.3 is 0 Å². The first-order valence-corrected chi connectivity index (χ1v) is 8.10. The van der Waals surface area contributed by atoms with Gasteiger partial charge in [-0.3, -0.25) is 0 Å². The Morgan fingerprint density at radius 3 is 2.43 bits per heavy atom. The molecule has 1 aromatic heterocycles. The van der Waals surface area contributed by atoms with Crippen molar-refractivity contribution >= 4 is 11.6 Å². The van der Waals surface area contributed by atoms with Gasteiger partial charge in [0, 0.05) is 10.6 Å². The molecular formula is C17H25ClN2O+2. The maximum absolute atomic E-state index is 5.90. The third kappa shape index (κ3) is 4.88. The molecule has 0 amide bonds. The third-order valence-corrected chi connectivity index (χ3v) is 4.09. The van der Waals surface area contributed by atoms with E-state index in [1.165, 1.54) is 19.6 Å². The topological polar surface area (TPSA) is 34.2 Å². The Morgan fingerprint density at radius 1 is 1.05 bits per heavy atom. The lowest BCUT2D eigenvalue weighted by molar-refractivity contribution is -0.910. The molecular weight excluding hydrogens is 284 g/mol. The number of benzene rings is 1. The molecule has 0 radical (unpaired) electrons. The van der Waals surface area contributed by atoms with Gasteiger partial charge in [-0.15, -0.1) is 0 Å². The summed E-state index contributed by atoms with van der Waals surface area (Å²) in [5, 5.41) is 3.06. The summed E-state index contributed by atoms with van der Waals surface area (Å²) in [4.78, 5) is 1.65. The Hall–Kier alpha value is -1.29. The molecule has 0 aliphatic heterocycles. The molecule has 0 unspecified atom stereocenters. The first kappa shape index (κ1) is 16.1. The van der Waals surface area contributed by atoms with Crippen molar-refractivity contribution < 1.29 is 14.6 Å². The van der Waals surface area contributed by atoms with Crippen LogP contribution in [0, 0.1) is 0 Å². The monoisotopic (exact) mass is 308 g/mol. The first-order chi connectivity index (χ1) is 10.2. The fraction of sp³-hybridized carbons (Fsp3) is 0.412. The number of hydrogen-bond donors (Lipinski definition) is 2. The minimum absolute atomic E-state index is 0.748. The maximum Gasteiger partial charge on any atom is 0.158 e. The van der Waals surface area contributed by atoms with E-state index in [0.717, 1.165) is 35.2 Å². The highest BCUT2D eigenvalue weighted by molar-refractivity contribution is 6.30. The molecule has 2 aromatic rings. The lowest BCUT2D eigenvalue weighted by Gasteiger charge is -2.13. The molecule has 114 valence electrons. The molecule has 0 aliphatic carbocycles. The number of furan rings is 1. The molecule has 4 heteroatoms. The largest absolute Gasteiger partial charge is 0.455 e. The van der Waals surface area contributed by atoms with Crippen LogP contribution in [-0.2, 0) is 6.54 Å². The molecule has 0 spiro atoms. The van der Waals surface area contributed by atoms with Crippen LogP contribution in [0.5, 0.6) is 0 Å². The molecule has 0 bridgehead atoms. The minimum Gasteiger partial charge on any atom is -0.455 e. The zero-order valence-corrected chi connectivity index (χ0v) is 13.6. The summed E-state index contributed by atoms with van der Waals surface area (Å²) in [6.07, 6.45) is 0. The molecule has 3 nitrogen and oxygen atoms in total. The van der Waals surface area contributed by atoms with E-state index in [1.54, 1.807) is 4.90 Å². The Bertz CT molecular complexity index is 532. The normalized spacial score (nSPS) is 11.2. The van der Waals surface area contributed by atoms with E-state index in [1.807, 2.05) is 30.3 Å². The van der Waals surface area contributed by atoms with Gasteiger partial charge in [0.25, 0.3) is 0 Å². The van der Waals surface area contributed by atoms with Crippen LogP contribution in [0.3, 0.4) is 0 Å². The summed E-state index contributed by atoms with van der Waals surface area (Å²) in [6, 6.07) is 11.8. The predicted molar refractivity (Wildman–Crippen MR) is 86.6 cm³/mol. The van der Waals surface area contributed by atoms with E-state index in [9.17, 15) is 0 Å². The van der Waals surface area contributed by atoms with Crippen LogP contribution in [0.25, 0.3) is 11.3 Å². The van der Waals surface area contributed by atoms with Gasteiger partial charge in [-0.25, -0.2) is 0 Å². The van der Waals surface area contributed by atoms with Crippen molar-refractivity contribution in [1.29, 1.82) is 0 Å². The number of quaternary nitrogens is 2. The zero-order chi connectivity index (χ0) is 15.1. The Labute approximate surface area is 131 Å². The lowest BCUT2D eigenvalue weighted by atomic mass is 10.2. The Balaban J connectivity index is 1.82. The van der Waals surface area contributed by atoms with Gasteiger partial charge in [-0.1, -0.05) is 11.6 Å². The predicted octanol–water partition coefficient (Wildman–Crippen LogP) is 1.59. The third-order valence-electron chi connectivity index (χ3n) is 3.84. The highest BCUT2D eigenvalue weighted by Gasteiger charge is 2.07. The summed E-state index contributed by atoms with van der Waals surface area (Å²) in [6.45, 7) is 10.1. The summed E-state index contributed by atoms with van der Waals surface area (Å²) in [5.41, 5.74) is 1.07. The standard InChI is InChI=1S/C17H23ClN2O/c1-3-20(4-2)12-11-19-13-16-9-10-17(21-16)14-5-7-15(18)8-6-14/h5-10,19H,3-4,11-13H2,1-2H3/p+2. The van der Waals surface area contributed by atoms with E-state index >= 15 is 0 Å². The molecule has 0 saturated heterocycles. The number of halogens is 1. The molecule has 3 N–H and O–H groups in total. The second-order valence-electron chi connectivity index (χ2n) is 5.26. The van der Waals surface area contributed by atoms with Crippen LogP contribution >= 0.6 is 11.6 Å². The van der Waals surface area contributed by atoms with Crippen LogP contribution < -0.4 is 10.2 Å². The summed E-state index contributed by atoms with van der Waals surface area (Å²) >= 11 is 5.90. The molecule has 21 heavy (non-hydrogen) atoms. The number of rotatable bonds is 8. The van der Waals surface area contributed by atoms with Crippen LogP contribution in [-0.4, -0.2) is 26.2 Å². The molecule has 1 heterocycles. The van der Waals surface area contributed by atoms with Crippen molar-refractivity contribution in [3.05, 3.63) is 47.2 Å². The number of nitrogens with one attached hydrogen (secondary N) is 1. The Morgan fingerprint density at radius 2 is 1.76 bits per heavy atom. The van der Waals surface area contributed by atoms with Crippen LogP contribution in [0.15, 0.2) is 40.8 Å². The van der Waals surface area contributed by atoms with E-state index in [2.05, 4.69) is 25.2 Å². The molecule has 0 aliphatic rings. The molecule has 2 rings (SSSR count). The molecule has 0 atom stereocenters. The second kappa shape index (κ2) is 8.23. The average molecular weight is 309 g/mol. The molecule has 0 saturated carbocycles. The SMILES string of the molecule is CC[NH+](CC)CC[NH2+]Cc1ccc(-c2ccc(Cl)cc2)o1. The number of hydrogen-bond acceptors (Lipinski definition) is 1. The van der Waals surface area contributed by atoms with Gasteiger partial charge in [-0.05, 0) is 50.2 Å². The quantitative estimate of drug-likeness (QED) is 0.714. The van der Waals surface area contributed by atoms with Gasteiger partial charge in [0.15, 0.2) is 5.76 Å². The molecule has 1 aromatic carbocycles. The van der Waals surface area contributed by atoms with Crippen molar-refractivity contribution in [3.63, 3.8) is 0 Å². The van der Waals surface area contributed by atoms with Crippen molar-refractivity contribution in [2.75, 3.05) is 26.2 Å². The van der Waals surface area contributed by atoms with E-state index in [0.29, 0.717) is 0 Å². The van der Waals surface area contributed by atoms with Crippen LogP contribution in [0.1, 0.15) is 19.6 Å². The van der Waals surface area contributed by atoms with Crippen LogP contribution in [0.4, 0.5) is 0 Å². The summed E-state index contributed by atoms with van der Waals surface area (Å²) in [7, 11) is 0. The maximum atomic E-state index is 5.90. The average Bonchev–Trinajstić information content (AvgIpc) is 2.97. The van der Waals surface area contributed by atoms with E-state index in [-0.39, 0.29) is 0 Å². The smallest absolute Gasteiger partial charge is 0.158 e. The van der Waals surface area contributed by atoms with Crippen molar-refractivity contribution in [2.45, 2.75) is 20.4 Å². The zero-order valence-electron chi connectivity index (χ0n) is 12.9. The fourth-order valence-corrected chi connectivity index (χ4v) is 2.54. The summed E-state index contributed by atoms with van der Waals surface area (Å²) in [5.74, 6) is 1.93. The van der Waals surface area contributed by atoms with Crippen molar-refractivity contribution in [2.24, 2.45) is 0 Å². The van der Waals surface area contributed by atoms with E-state index < -0.39 is 0 Å². The molecule has 0 fully saturated rings. The lowest BCUT2D eigenvalue weighted by Crippen LogP contribution is -3.14. The van der Waals surface area contributed by atoms with Gasteiger partial charge in [0.2, 0.25) is 0 Å². The number of nitrogens with two attached hydrogens (primary N) is 1. The Kier molecular flexibility index (Phi) is 6.30. The van der Waals surface area contributed by atoms with Gasteiger partial charge in [0.05, 0.1) is 13.1 Å². The highest BCUT2D eigenvalue weighted by Crippen LogP contribution is 2.23. The van der Waals surface area contributed by atoms with E-state index in [4.69, 9.17) is 16.0 Å².